The number of amides is 2. The quantitative estimate of drug-likeness (QED) is 0.608. The second kappa shape index (κ2) is 9.32. The van der Waals surface area contributed by atoms with Gasteiger partial charge in [0.1, 0.15) is 0 Å². The summed E-state index contributed by atoms with van der Waals surface area (Å²) in [6.07, 6.45) is 1.65. The van der Waals surface area contributed by atoms with E-state index in [1.807, 2.05) is 6.07 Å². The van der Waals surface area contributed by atoms with Gasteiger partial charge < -0.3 is 10.6 Å². The van der Waals surface area contributed by atoms with Crippen molar-refractivity contribution in [3.63, 3.8) is 0 Å². The standard InChI is InChI=1S/C22H21N3O4S/c1-2-30(28,29)20-12-4-3-11-19(20)22(27)25-17-10-7-8-16(14-17)21(26)24-15-18-9-5-6-13-23-18/h3-14H,2,15H2,1H3,(H,24,26)(H,25,27). The lowest BCUT2D eigenvalue weighted by atomic mass is 10.1. The molecule has 8 heteroatoms. The van der Waals surface area contributed by atoms with Crippen molar-refractivity contribution in [3.05, 3.63) is 89.7 Å². The summed E-state index contributed by atoms with van der Waals surface area (Å²) in [7, 11) is -3.55. The van der Waals surface area contributed by atoms with Crippen molar-refractivity contribution in [2.45, 2.75) is 18.4 Å². The number of hydrogen-bond acceptors (Lipinski definition) is 5. The molecule has 0 radical (unpaired) electrons. The number of aromatic nitrogens is 1. The second-order valence-electron chi connectivity index (χ2n) is 6.44. The monoisotopic (exact) mass is 423 g/mol. The van der Waals surface area contributed by atoms with E-state index in [1.54, 1.807) is 48.7 Å². The lowest BCUT2D eigenvalue weighted by Gasteiger charge is -2.11. The number of anilines is 1. The van der Waals surface area contributed by atoms with Crippen LogP contribution in [-0.2, 0) is 16.4 Å². The molecule has 0 atom stereocenters. The summed E-state index contributed by atoms with van der Waals surface area (Å²) in [6, 6.07) is 17.9. The Bertz CT molecular complexity index is 1160. The van der Waals surface area contributed by atoms with E-state index in [2.05, 4.69) is 15.6 Å². The number of carbonyl (C=O) groups excluding carboxylic acids is 2. The fourth-order valence-corrected chi connectivity index (χ4v) is 3.89. The molecular weight excluding hydrogens is 402 g/mol. The molecule has 30 heavy (non-hydrogen) atoms. The zero-order chi connectivity index (χ0) is 21.6. The summed E-state index contributed by atoms with van der Waals surface area (Å²) in [6.45, 7) is 1.80. The molecule has 2 N–H and O–H groups in total. The third-order valence-corrected chi connectivity index (χ3v) is 6.17. The van der Waals surface area contributed by atoms with Gasteiger partial charge in [-0.05, 0) is 42.5 Å². The molecule has 0 aliphatic heterocycles. The largest absolute Gasteiger partial charge is 0.346 e. The van der Waals surface area contributed by atoms with E-state index >= 15 is 0 Å². The Labute approximate surface area is 175 Å². The van der Waals surface area contributed by atoms with Crippen LogP contribution in [0.15, 0.2) is 77.8 Å². The fraction of sp³-hybridized carbons (Fsp3) is 0.136. The molecule has 3 rings (SSSR count). The number of benzene rings is 2. The van der Waals surface area contributed by atoms with Crippen LogP contribution >= 0.6 is 0 Å². The van der Waals surface area contributed by atoms with Crippen molar-refractivity contribution >= 4 is 27.3 Å². The average Bonchev–Trinajstić information content (AvgIpc) is 2.78. The van der Waals surface area contributed by atoms with Gasteiger partial charge in [-0.15, -0.1) is 0 Å². The Balaban J connectivity index is 1.74. The summed E-state index contributed by atoms with van der Waals surface area (Å²) >= 11 is 0. The molecule has 0 aliphatic carbocycles. The van der Waals surface area contributed by atoms with Gasteiger partial charge in [-0.3, -0.25) is 14.6 Å². The Morgan fingerprint density at radius 3 is 2.43 bits per heavy atom. The van der Waals surface area contributed by atoms with Crippen LogP contribution < -0.4 is 10.6 Å². The van der Waals surface area contributed by atoms with Gasteiger partial charge in [0, 0.05) is 17.4 Å². The number of sulfone groups is 1. The molecule has 2 amide bonds. The highest BCUT2D eigenvalue weighted by molar-refractivity contribution is 7.91. The molecule has 0 aliphatic rings. The first-order chi connectivity index (χ1) is 14.4. The van der Waals surface area contributed by atoms with Gasteiger partial charge in [0.2, 0.25) is 0 Å². The van der Waals surface area contributed by atoms with E-state index < -0.39 is 15.7 Å². The van der Waals surface area contributed by atoms with Crippen LogP contribution in [0.2, 0.25) is 0 Å². The zero-order valence-electron chi connectivity index (χ0n) is 16.3. The average molecular weight is 423 g/mol. The summed E-state index contributed by atoms with van der Waals surface area (Å²) < 4.78 is 24.5. The van der Waals surface area contributed by atoms with Crippen molar-refractivity contribution in [2.75, 3.05) is 11.1 Å². The highest BCUT2D eigenvalue weighted by atomic mass is 32.2. The Morgan fingerprint density at radius 1 is 0.933 bits per heavy atom. The molecular formula is C22H21N3O4S. The minimum Gasteiger partial charge on any atom is -0.346 e. The first-order valence-corrected chi connectivity index (χ1v) is 11.0. The number of nitrogens with zero attached hydrogens (tertiary/aromatic N) is 1. The van der Waals surface area contributed by atoms with Gasteiger partial charge in [0.05, 0.1) is 28.5 Å². The van der Waals surface area contributed by atoms with Crippen molar-refractivity contribution in [3.8, 4) is 0 Å². The van der Waals surface area contributed by atoms with Crippen molar-refractivity contribution in [1.29, 1.82) is 0 Å². The molecule has 0 saturated heterocycles. The van der Waals surface area contributed by atoms with Gasteiger partial charge in [0.25, 0.3) is 11.8 Å². The topological polar surface area (TPSA) is 105 Å². The van der Waals surface area contributed by atoms with E-state index in [-0.39, 0.29) is 28.7 Å². The maximum Gasteiger partial charge on any atom is 0.256 e. The zero-order valence-corrected chi connectivity index (χ0v) is 17.1. The molecule has 1 aromatic heterocycles. The molecule has 154 valence electrons. The minimum atomic E-state index is -3.55. The molecule has 1 heterocycles. The molecule has 0 saturated carbocycles. The van der Waals surface area contributed by atoms with Gasteiger partial charge in [-0.1, -0.05) is 31.2 Å². The molecule has 2 aromatic carbocycles. The number of rotatable bonds is 7. The van der Waals surface area contributed by atoms with Gasteiger partial charge in [-0.2, -0.15) is 0 Å². The van der Waals surface area contributed by atoms with E-state index in [1.165, 1.54) is 25.1 Å². The summed E-state index contributed by atoms with van der Waals surface area (Å²) in [4.78, 5) is 29.3. The lowest BCUT2D eigenvalue weighted by Crippen LogP contribution is -2.23. The van der Waals surface area contributed by atoms with Gasteiger partial charge in [-0.25, -0.2) is 8.42 Å². The molecule has 7 nitrogen and oxygen atoms in total. The number of carbonyl (C=O) groups is 2. The van der Waals surface area contributed by atoms with Crippen LogP contribution in [-0.4, -0.2) is 31.0 Å². The molecule has 0 unspecified atom stereocenters. The van der Waals surface area contributed by atoms with Crippen LogP contribution in [0, 0.1) is 0 Å². The second-order valence-corrected chi connectivity index (χ2v) is 8.68. The highest BCUT2D eigenvalue weighted by Gasteiger charge is 2.20. The Kier molecular flexibility index (Phi) is 6.58. The number of pyridine rings is 1. The summed E-state index contributed by atoms with van der Waals surface area (Å²) in [5.41, 5.74) is 1.53. The van der Waals surface area contributed by atoms with Crippen LogP contribution in [0.3, 0.4) is 0 Å². The van der Waals surface area contributed by atoms with Gasteiger partial charge >= 0.3 is 0 Å². The van der Waals surface area contributed by atoms with Crippen molar-refractivity contribution in [2.24, 2.45) is 0 Å². The van der Waals surface area contributed by atoms with E-state index in [9.17, 15) is 18.0 Å². The Morgan fingerprint density at radius 2 is 1.70 bits per heavy atom. The van der Waals surface area contributed by atoms with Gasteiger partial charge in [0.15, 0.2) is 9.84 Å². The van der Waals surface area contributed by atoms with E-state index in [4.69, 9.17) is 0 Å². The maximum atomic E-state index is 12.7. The van der Waals surface area contributed by atoms with Crippen LogP contribution in [0.1, 0.15) is 33.3 Å². The van der Waals surface area contributed by atoms with E-state index in [0.717, 1.165) is 5.69 Å². The van der Waals surface area contributed by atoms with Crippen LogP contribution in [0.4, 0.5) is 5.69 Å². The summed E-state index contributed by atoms with van der Waals surface area (Å²) in [5, 5.41) is 5.44. The Hall–Kier alpha value is -3.52. The van der Waals surface area contributed by atoms with Crippen LogP contribution in [0.25, 0.3) is 0 Å². The first kappa shape index (κ1) is 21.2. The number of nitrogens with one attached hydrogen (secondary N) is 2. The van der Waals surface area contributed by atoms with Crippen LogP contribution in [0.5, 0.6) is 0 Å². The number of hydrogen-bond donors (Lipinski definition) is 2. The maximum absolute atomic E-state index is 12.7. The predicted octanol–water partition coefficient (Wildman–Crippen LogP) is 3.06. The fourth-order valence-electron chi connectivity index (χ4n) is 2.79. The first-order valence-electron chi connectivity index (χ1n) is 9.32. The molecule has 0 fully saturated rings. The minimum absolute atomic E-state index is 0.0192. The third-order valence-electron chi connectivity index (χ3n) is 4.39. The normalized spacial score (nSPS) is 11.0. The smallest absolute Gasteiger partial charge is 0.256 e. The summed E-state index contributed by atoms with van der Waals surface area (Å²) in [5.74, 6) is -0.983. The lowest BCUT2D eigenvalue weighted by molar-refractivity contribution is 0.0949. The van der Waals surface area contributed by atoms with E-state index in [0.29, 0.717) is 11.3 Å². The molecule has 0 spiro atoms. The molecule has 3 aromatic rings. The molecule has 0 bridgehead atoms. The highest BCUT2D eigenvalue weighted by Crippen LogP contribution is 2.19. The predicted molar refractivity (Wildman–Crippen MR) is 114 cm³/mol. The van der Waals surface area contributed by atoms with Crippen molar-refractivity contribution in [1.82, 2.24) is 10.3 Å². The SMILES string of the molecule is CCS(=O)(=O)c1ccccc1C(=O)Nc1cccc(C(=O)NCc2ccccn2)c1. The van der Waals surface area contributed by atoms with Crippen molar-refractivity contribution < 1.29 is 18.0 Å². The third kappa shape index (κ3) is 5.09.